The lowest BCUT2D eigenvalue weighted by atomic mass is 10.1. The van der Waals surface area contributed by atoms with Gasteiger partial charge in [0.2, 0.25) is 0 Å². The second-order valence-corrected chi connectivity index (χ2v) is 5.27. The lowest BCUT2D eigenvalue weighted by Gasteiger charge is -2.01. The van der Waals surface area contributed by atoms with E-state index in [1.807, 2.05) is 31.2 Å². The van der Waals surface area contributed by atoms with Crippen molar-refractivity contribution in [3.05, 3.63) is 52.0 Å². The summed E-state index contributed by atoms with van der Waals surface area (Å²) in [4.78, 5) is 7.83. The summed E-state index contributed by atoms with van der Waals surface area (Å²) >= 11 is 3.54. The van der Waals surface area contributed by atoms with Crippen LogP contribution in [0.3, 0.4) is 0 Å². The van der Waals surface area contributed by atoms with Gasteiger partial charge in [-0.1, -0.05) is 27.6 Å². The first-order valence-electron chi connectivity index (χ1n) is 5.84. The van der Waals surface area contributed by atoms with E-state index in [1.54, 1.807) is 6.07 Å². The molecule has 0 saturated heterocycles. The molecule has 4 heteroatoms. The molecule has 3 aromatic rings. The summed E-state index contributed by atoms with van der Waals surface area (Å²) in [5.41, 5.74) is 4.57. The molecule has 3 nitrogen and oxygen atoms in total. The van der Waals surface area contributed by atoms with Crippen molar-refractivity contribution in [2.75, 3.05) is 0 Å². The molecule has 1 N–H and O–H groups in total. The van der Waals surface area contributed by atoms with Gasteiger partial charge in [0.25, 0.3) is 0 Å². The van der Waals surface area contributed by atoms with E-state index < -0.39 is 0 Å². The summed E-state index contributed by atoms with van der Waals surface area (Å²) in [6, 6.07) is 13.7. The van der Waals surface area contributed by atoms with E-state index in [2.05, 4.69) is 38.0 Å². The summed E-state index contributed by atoms with van der Waals surface area (Å²) in [6.07, 6.45) is 0. The summed E-state index contributed by atoms with van der Waals surface area (Å²) in [5, 5.41) is 8.91. The van der Waals surface area contributed by atoms with E-state index >= 15 is 0 Å². The molecule has 1 aromatic heterocycles. The van der Waals surface area contributed by atoms with E-state index in [-0.39, 0.29) is 0 Å². The summed E-state index contributed by atoms with van der Waals surface area (Å²) in [6.45, 7) is 2.05. The maximum absolute atomic E-state index is 8.91. The predicted octanol–water partition coefficient (Wildman–Crippen LogP) is 4.17. The van der Waals surface area contributed by atoms with Gasteiger partial charge in [0, 0.05) is 10.0 Å². The van der Waals surface area contributed by atoms with E-state index in [0.29, 0.717) is 5.56 Å². The SMILES string of the molecule is Cc1ccc(Br)c(-c2nc3ccc(C#N)cc3[nH]2)c1. The van der Waals surface area contributed by atoms with Crippen molar-refractivity contribution >= 4 is 27.0 Å². The molecule has 0 fully saturated rings. The molecule has 19 heavy (non-hydrogen) atoms. The Kier molecular flexibility index (Phi) is 2.84. The van der Waals surface area contributed by atoms with Gasteiger partial charge in [-0.15, -0.1) is 0 Å². The Balaban J connectivity index is 2.21. The normalized spacial score (nSPS) is 10.6. The number of hydrogen-bond donors (Lipinski definition) is 1. The van der Waals surface area contributed by atoms with Crippen LogP contribution in [0.2, 0.25) is 0 Å². The molecule has 92 valence electrons. The van der Waals surface area contributed by atoms with E-state index in [0.717, 1.165) is 26.9 Å². The van der Waals surface area contributed by atoms with E-state index in [1.165, 1.54) is 5.56 Å². The van der Waals surface area contributed by atoms with Crippen molar-refractivity contribution in [2.45, 2.75) is 6.92 Å². The van der Waals surface area contributed by atoms with E-state index in [9.17, 15) is 0 Å². The Bertz CT molecular complexity index is 812. The number of aromatic amines is 1. The molecule has 0 unspecified atom stereocenters. The third kappa shape index (κ3) is 2.13. The monoisotopic (exact) mass is 311 g/mol. The van der Waals surface area contributed by atoms with Gasteiger partial charge in [-0.05, 0) is 37.3 Å². The second kappa shape index (κ2) is 4.52. The Morgan fingerprint density at radius 1 is 1.21 bits per heavy atom. The van der Waals surface area contributed by atoms with Crippen LogP contribution in [0.25, 0.3) is 22.4 Å². The first-order chi connectivity index (χ1) is 9.17. The molecule has 0 radical (unpaired) electrons. The molecule has 1 heterocycles. The quantitative estimate of drug-likeness (QED) is 0.733. The number of fused-ring (bicyclic) bond motifs is 1. The molecule has 0 aliphatic rings. The second-order valence-electron chi connectivity index (χ2n) is 4.41. The number of nitrogens with zero attached hydrogens (tertiary/aromatic N) is 2. The average Bonchev–Trinajstić information content (AvgIpc) is 2.83. The van der Waals surface area contributed by atoms with Crippen molar-refractivity contribution in [3.8, 4) is 17.5 Å². The van der Waals surface area contributed by atoms with Crippen LogP contribution in [0.1, 0.15) is 11.1 Å². The number of H-pyrrole nitrogens is 1. The highest BCUT2D eigenvalue weighted by Crippen LogP contribution is 2.28. The molecular formula is C15H10BrN3. The number of aryl methyl sites for hydroxylation is 1. The fourth-order valence-electron chi connectivity index (χ4n) is 2.03. The van der Waals surface area contributed by atoms with Gasteiger partial charge >= 0.3 is 0 Å². The molecule has 0 atom stereocenters. The first kappa shape index (κ1) is 11.9. The van der Waals surface area contributed by atoms with Crippen LogP contribution in [-0.4, -0.2) is 9.97 Å². The van der Waals surface area contributed by atoms with Gasteiger partial charge in [-0.25, -0.2) is 4.98 Å². The van der Waals surface area contributed by atoms with Crippen LogP contribution in [0.5, 0.6) is 0 Å². The standard InChI is InChI=1S/C15H10BrN3/c1-9-2-4-12(16)11(6-9)15-18-13-5-3-10(8-17)7-14(13)19-15/h2-7H,1H3,(H,18,19). The van der Waals surface area contributed by atoms with Gasteiger partial charge in [-0.2, -0.15) is 5.26 Å². The molecule has 0 aliphatic carbocycles. The lowest BCUT2D eigenvalue weighted by Crippen LogP contribution is -1.83. The average molecular weight is 312 g/mol. The van der Waals surface area contributed by atoms with Gasteiger partial charge in [0.15, 0.2) is 0 Å². The third-order valence-electron chi connectivity index (χ3n) is 2.99. The third-order valence-corrected chi connectivity index (χ3v) is 3.68. The van der Waals surface area contributed by atoms with Gasteiger partial charge in [0.05, 0.1) is 22.7 Å². The number of nitrogens with one attached hydrogen (secondary N) is 1. The largest absolute Gasteiger partial charge is 0.338 e. The number of benzene rings is 2. The maximum atomic E-state index is 8.91. The summed E-state index contributed by atoms with van der Waals surface area (Å²) in [7, 11) is 0. The van der Waals surface area contributed by atoms with Crippen LogP contribution in [0.4, 0.5) is 0 Å². The fourth-order valence-corrected chi connectivity index (χ4v) is 2.46. The lowest BCUT2D eigenvalue weighted by molar-refractivity contribution is 1.31. The van der Waals surface area contributed by atoms with Gasteiger partial charge in [-0.3, -0.25) is 0 Å². The number of halogens is 1. The molecule has 0 spiro atoms. The molecular weight excluding hydrogens is 302 g/mol. The number of aromatic nitrogens is 2. The number of nitriles is 1. The van der Waals surface area contributed by atoms with Crippen molar-refractivity contribution in [1.29, 1.82) is 5.26 Å². The number of rotatable bonds is 1. The minimum atomic E-state index is 0.631. The predicted molar refractivity (Wildman–Crippen MR) is 78.7 cm³/mol. The van der Waals surface area contributed by atoms with Crippen molar-refractivity contribution in [2.24, 2.45) is 0 Å². The zero-order valence-corrected chi connectivity index (χ0v) is 11.8. The topological polar surface area (TPSA) is 52.5 Å². The van der Waals surface area contributed by atoms with Crippen LogP contribution in [0, 0.1) is 18.3 Å². The van der Waals surface area contributed by atoms with Gasteiger partial charge in [0.1, 0.15) is 5.82 Å². The van der Waals surface area contributed by atoms with Crippen LogP contribution >= 0.6 is 15.9 Å². The molecule has 0 amide bonds. The molecule has 0 aliphatic heterocycles. The van der Waals surface area contributed by atoms with Crippen LogP contribution in [-0.2, 0) is 0 Å². The maximum Gasteiger partial charge on any atom is 0.139 e. The highest BCUT2D eigenvalue weighted by atomic mass is 79.9. The Hall–Kier alpha value is -2.12. The highest BCUT2D eigenvalue weighted by Gasteiger charge is 2.09. The van der Waals surface area contributed by atoms with Crippen molar-refractivity contribution in [3.63, 3.8) is 0 Å². The van der Waals surface area contributed by atoms with Crippen molar-refractivity contribution in [1.82, 2.24) is 9.97 Å². The number of imidazole rings is 1. The van der Waals surface area contributed by atoms with Gasteiger partial charge < -0.3 is 4.98 Å². The van der Waals surface area contributed by atoms with E-state index in [4.69, 9.17) is 5.26 Å². The molecule has 0 bridgehead atoms. The fraction of sp³-hybridized carbons (Fsp3) is 0.0667. The zero-order chi connectivity index (χ0) is 13.4. The van der Waals surface area contributed by atoms with Crippen molar-refractivity contribution < 1.29 is 0 Å². The minimum Gasteiger partial charge on any atom is -0.338 e. The molecule has 2 aromatic carbocycles. The van der Waals surface area contributed by atoms with Crippen LogP contribution in [0.15, 0.2) is 40.9 Å². The Morgan fingerprint density at radius 3 is 2.84 bits per heavy atom. The minimum absolute atomic E-state index is 0.631. The highest BCUT2D eigenvalue weighted by molar-refractivity contribution is 9.10. The molecule has 0 saturated carbocycles. The number of hydrogen-bond acceptors (Lipinski definition) is 2. The smallest absolute Gasteiger partial charge is 0.139 e. The Morgan fingerprint density at radius 2 is 2.05 bits per heavy atom. The zero-order valence-electron chi connectivity index (χ0n) is 10.2. The van der Waals surface area contributed by atoms with Crippen LogP contribution < -0.4 is 0 Å². The summed E-state index contributed by atoms with van der Waals surface area (Å²) < 4.78 is 0.998. The molecule has 3 rings (SSSR count). The first-order valence-corrected chi connectivity index (χ1v) is 6.63. The summed E-state index contributed by atoms with van der Waals surface area (Å²) in [5.74, 6) is 0.806. The Labute approximate surface area is 119 Å².